The van der Waals surface area contributed by atoms with Crippen LogP contribution in [0.5, 0.6) is 0 Å². The van der Waals surface area contributed by atoms with Crippen LogP contribution in [-0.4, -0.2) is 20.1 Å². The van der Waals surface area contributed by atoms with Crippen molar-refractivity contribution in [1.29, 1.82) is 0 Å². The third-order valence-electron chi connectivity index (χ3n) is 5.77. The summed E-state index contributed by atoms with van der Waals surface area (Å²) in [4.78, 5) is 24.8. The monoisotopic (exact) mass is 392 g/mol. The van der Waals surface area contributed by atoms with Crippen molar-refractivity contribution in [2.24, 2.45) is 5.92 Å². The highest BCUT2D eigenvalue weighted by Crippen LogP contribution is 2.27. The van der Waals surface area contributed by atoms with Gasteiger partial charge in [-0.25, -0.2) is 9.48 Å². The minimum absolute atomic E-state index is 0.0582. The molecule has 4 rings (SSSR count). The molecule has 0 bridgehead atoms. The molecule has 1 aliphatic rings. The molecule has 0 atom stereocenters. The fourth-order valence-corrected chi connectivity index (χ4v) is 4.24. The molecule has 6 nitrogen and oxygen atoms in total. The van der Waals surface area contributed by atoms with Crippen LogP contribution in [0, 0.1) is 5.92 Å². The van der Waals surface area contributed by atoms with E-state index in [4.69, 9.17) is 0 Å². The molecule has 0 radical (unpaired) electrons. The summed E-state index contributed by atoms with van der Waals surface area (Å²) in [6.07, 6.45) is 11.1. The van der Waals surface area contributed by atoms with Crippen molar-refractivity contribution in [3.05, 3.63) is 64.7 Å². The lowest BCUT2D eigenvalue weighted by Crippen LogP contribution is -2.21. The van der Waals surface area contributed by atoms with Crippen molar-refractivity contribution >= 4 is 17.2 Å². The third kappa shape index (κ3) is 4.94. The lowest BCUT2D eigenvalue weighted by Gasteiger charge is -2.21. The quantitative estimate of drug-likeness (QED) is 0.654. The number of nitrogens with one attached hydrogen (secondary N) is 1. The van der Waals surface area contributed by atoms with Crippen molar-refractivity contribution in [3.8, 4) is 0 Å². The summed E-state index contributed by atoms with van der Waals surface area (Å²) in [6, 6.07) is 13.1. The highest BCUT2D eigenvalue weighted by Gasteiger charge is 2.14. The number of carbonyl (C=O) groups excluding carboxylic acids is 1. The van der Waals surface area contributed by atoms with Crippen LogP contribution in [-0.2, 0) is 11.3 Å². The van der Waals surface area contributed by atoms with Gasteiger partial charge in [0.25, 0.3) is 0 Å². The number of anilines is 1. The van der Waals surface area contributed by atoms with Gasteiger partial charge in [-0.15, -0.1) is 5.10 Å². The van der Waals surface area contributed by atoms with Gasteiger partial charge >= 0.3 is 5.69 Å². The van der Waals surface area contributed by atoms with Gasteiger partial charge < -0.3 is 5.32 Å². The lowest BCUT2D eigenvalue weighted by molar-refractivity contribution is -0.116. The van der Waals surface area contributed by atoms with E-state index in [0.29, 0.717) is 18.6 Å². The Morgan fingerprint density at radius 1 is 1.10 bits per heavy atom. The SMILES string of the molecule is O=C(CCCC1CCCCC1)Nc1cccc(Cn2nc3ccccn3c2=O)c1. The normalized spacial score (nSPS) is 14.9. The average Bonchev–Trinajstić information content (AvgIpc) is 3.05. The number of nitrogens with zero attached hydrogens (tertiary/aromatic N) is 3. The first-order chi connectivity index (χ1) is 14.2. The summed E-state index contributed by atoms with van der Waals surface area (Å²) < 4.78 is 2.97. The maximum absolute atomic E-state index is 12.4. The van der Waals surface area contributed by atoms with Gasteiger partial charge in [-0.1, -0.05) is 50.3 Å². The molecule has 2 aromatic heterocycles. The van der Waals surface area contributed by atoms with Gasteiger partial charge in [0.1, 0.15) is 0 Å². The van der Waals surface area contributed by atoms with Crippen LogP contribution in [0.25, 0.3) is 5.65 Å². The topological polar surface area (TPSA) is 68.4 Å². The van der Waals surface area contributed by atoms with E-state index in [0.717, 1.165) is 30.0 Å². The zero-order valence-electron chi connectivity index (χ0n) is 16.7. The summed E-state index contributed by atoms with van der Waals surface area (Å²) in [5.41, 5.74) is 2.15. The molecule has 152 valence electrons. The Balaban J connectivity index is 1.33. The van der Waals surface area contributed by atoms with Crippen LogP contribution in [0.15, 0.2) is 53.5 Å². The van der Waals surface area contributed by atoms with Crippen LogP contribution in [0.1, 0.15) is 56.9 Å². The molecule has 1 saturated carbocycles. The number of amides is 1. The Morgan fingerprint density at radius 3 is 2.79 bits per heavy atom. The maximum atomic E-state index is 12.4. The molecular formula is C23H28N4O2. The number of aromatic nitrogens is 3. The van der Waals surface area contributed by atoms with E-state index in [-0.39, 0.29) is 11.6 Å². The highest BCUT2D eigenvalue weighted by atomic mass is 16.2. The number of hydrogen-bond acceptors (Lipinski definition) is 3. The number of hydrogen-bond donors (Lipinski definition) is 1. The van der Waals surface area contributed by atoms with E-state index in [1.807, 2.05) is 42.5 Å². The summed E-state index contributed by atoms with van der Waals surface area (Å²) in [5.74, 6) is 0.867. The van der Waals surface area contributed by atoms with Crippen molar-refractivity contribution in [2.45, 2.75) is 57.9 Å². The fraction of sp³-hybridized carbons (Fsp3) is 0.435. The van der Waals surface area contributed by atoms with Gasteiger partial charge in [-0.05, 0) is 48.6 Å². The van der Waals surface area contributed by atoms with Gasteiger partial charge in [-0.3, -0.25) is 9.20 Å². The van der Waals surface area contributed by atoms with Gasteiger partial charge in [0.2, 0.25) is 5.91 Å². The molecule has 1 fully saturated rings. The predicted octanol–water partition coefficient (Wildman–Crippen LogP) is 4.23. The summed E-state index contributed by atoms with van der Waals surface area (Å²) in [7, 11) is 0. The molecule has 1 aliphatic carbocycles. The molecule has 0 saturated heterocycles. The van der Waals surface area contributed by atoms with Crippen molar-refractivity contribution in [1.82, 2.24) is 14.2 Å². The second kappa shape index (κ2) is 9.07. The molecular weight excluding hydrogens is 364 g/mol. The number of fused-ring (bicyclic) bond motifs is 1. The van der Waals surface area contributed by atoms with Crippen LogP contribution in [0.3, 0.4) is 0 Å². The van der Waals surface area contributed by atoms with Crippen LogP contribution >= 0.6 is 0 Å². The van der Waals surface area contributed by atoms with Crippen LogP contribution in [0.4, 0.5) is 5.69 Å². The molecule has 2 heterocycles. The Labute approximate surface area is 170 Å². The van der Waals surface area contributed by atoms with Crippen LogP contribution < -0.4 is 11.0 Å². The van der Waals surface area contributed by atoms with Gasteiger partial charge in [0.15, 0.2) is 5.65 Å². The van der Waals surface area contributed by atoms with Gasteiger partial charge in [-0.2, -0.15) is 0 Å². The molecule has 0 spiro atoms. The molecule has 6 heteroatoms. The van der Waals surface area contributed by atoms with E-state index in [1.54, 1.807) is 6.20 Å². The number of benzene rings is 1. The fourth-order valence-electron chi connectivity index (χ4n) is 4.24. The summed E-state index contributed by atoms with van der Waals surface area (Å²) in [5, 5.41) is 7.36. The van der Waals surface area contributed by atoms with Crippen molar-refractivity contribution < 1.29 is 4.79 Å². The first-order valence-corrected chi connectivity index (χ1v) is 10.6. The molecule has 1 amide bonds. The highest BCUT2D eigenvalue weighted by molar-refractivity contribution is 5.90. The Morgan fingerprint density at radius 2 is 1.97 bits per heavy atom. The zero-order chi connectivity index (χ0) is 20.1. The van der Waals surface area contributed by atoms with Crippen LogP contribution in [0.2, 0.25) is 0 Å². The summed E-state index contributed by atoms with van der Waals surface area (Å²) in [6.45, 7) is 0.367. The third-order valence-corrected chi connectivity index (χ3v) is 5.77. The molecule has 0 aliphatic heterocycles. The first kappa shape index (κ1) is 19.4. The van der Waals surface area contributed by atoms with E-state index in [2.05, 4.69) is 10.4 Å². The average molecular weight is 393 g/mol. The molecule has 29 heavy (non-hydrogen) atoms. The van der Waals surface area contributed by atoms with Crippen molar-refractivity contribution in [2.75, 3.05) is 5.32 Å². The van der Waals surface area contributed by atoms with E-state index >= 15 is 0 Å². The minimum atomic E-state index is -0.169. The minimum Gasteiger partial charge on any atom is -0.326 e. The van der Waals surface area contributed by atoms with E-state index in [1.165, 1.54) is 41.2 Å². The Kier molecular flexibility index (Phi) is 6.08. The lowest BCUT2D eigenvalue weighted by atomic mass is 9.86. The predicted molar refractivity (Wildman–Crippen MR) is 114 cm³/mol. The number of rotatable bonds is 7. The van der Waals surface area contributed by atoms with Gasteiger partial charge in [0, 0.05) is 18.3 Å². The second-order valence-corrected chi connectivity index (χ2v) is 8.01. The zero-order valence-corrected chi connectivity index (χ0v) is 16.7. The molecule has 1 N–H and O–H groups in total. The second-order valence-electron chi connectivity index (χ2n) is 8.01. The molecule has 0 unspecified atom stereocenters. The number of carbonyl (C=O) groups is 1. The van der Waals surface area contributed by atoms with Crippen molar-refractivity contribution in [3.63, 3.8) is 0 Å². The van der Waals surface area contributed by atoms with E-state index < -0.39 is 0 Å². The maximum Gasteiger partial charge on any atom is 0.350 e. The molecule has 3 aromatic rings. The Hall–Kier alpha value is -2.89. The number of pyridine rings is 1. The largest absolute Gasteiger partial charge is 0.350 e. The first-order valence-electron chi connectivity index (χ1n) is 10.6. The Bertz CT molecular complexity index is 1030. The van der Waals surface area contributed by atoms with E-state index in [9.17, 15) is 9.59 Å². The standard InChI is InChI=1S/C23H28N4O2/c28-22(14-7-10-18-8-2-1-3-9-18)24-20-12-6-11-19(16-20)17-27-23(29)26-15-5-4-13-21(26)25-27/h4-6,11-13,15-16,18H,1-3,7-10,14,17H2,(H,24,28). The summed E-state index contributed by atoms with van der Waals surface area (Å²) >= 11 is 0. The smallest absolute Gasteiger partial charge is 0.326 e. The molecule has 1 aromatic carbocycles. The van der Waals surface area contributed by atoms with Gasteiger partial charge in [0.05, 0.1) is 6.54 Å².